The van der Waals surface area contributed by atoms with Crippen molar-refractivity contribution >= 4 is 11.9 Å². The van der Waals surface area contributed by atoms with Crippen molar-refractivity contribution in [1.29, 1.82) is 0 Å². The minimum Gasteiger partial charge on any atom is -0.465 e. The molecule has 19 heavy (non-hydrogen) atoms. The Hall–Kier alpha value is -1.58. The van der Waals surface area contributed by atoms with E-state index in [-0.39, 0.29) is 19.6 Å². The molecule has 1 rings (SSSR count). The van der Waals surface area contributed by atoms with Crippen LogP contribution >= 0.6 is 0 Å². The molecule has 0 aromatic carbocycles. The summed E-state index contributed by atoms with van der Waals surface area (Å²) in [5, 5.41) is 0. The Morgan fingerprint density at radius 3 is 1.95 bits per heavy atom. The normalized spacial score (nSPS) is 18.2. The lowest BCUT2D eigenvalue weighted by Crippen LogP contribution is -2.44. The molecule has 0 aliphatic heterocycles. The Kier molecular flexibility index (Phi) is 4.92. The zero-order chi connectivity index (χ0) is 14.6. The molecule has 0 N–H and O–H groups in total. The first-order valence-corrected chi connectivity index (χ1v) is 6.58. The van der Waals surface area contributed by atoms with Crippen molar-refractivity contribution in [2.24, 2.45) is 5.41 Å². The lowest BCUT2D eigenvalue weighted by Gasteiger charge is -2.34. The highest BCUT2D eigenvalue weighted by Crippen LogP contribution is 2.43. The molecule has 1 aliphatic carbocycles. The third-order valence-corrected chi connectivity index (χ3v) is 3.58. The van der Waals surface area contributed by atoms with Gasteiger partial charge in [-0.25, -0.2) is 0 Å². The van der Waals surface area contributed by atoms with Crippen LogP contribution in [-0.4, -0.2) is 25.2 Å². The molecule has 0 amide bonds. The molecule has 106 valence electrons. The van der Waals surface area contributed by atoms with Crippen molar-refractivity contribution in [3.8, 4) is 0 Å². The second kappa shape index (κ2) is 6.04. The highest BCUT2D eigenvalue weighted by atomic mass is 16.6. The first-order chi connectivity index (χ1) is 8.89. The molecule has 0 saturated carbocycles. The van der Waals surface area contributed by atoms with Gasteiger partial charge in [0.05, 0.1) is 13.2 Å². The summed E-state index contributed by atoms with van der Waals surface area (Å²) in [4.78, 5) is 24.5. The van der Waals surface area contributed by atoms with Crippen LogP contribution in [0.4, 0.5) is 0 Å². The van der Waals surface area contributed by atoms with Gasteiger partial charge in [-0.2, -0.15) is 0 Å². The molecule has 0 radical (unpaired) electrons. The minimum absolute atomic E-state index is 0.244. The molecule has 0 unspecified atom stereocenters. The highest BCUT2D eigenvalue weighted by molar-refractivity contribution is 6.01. The van der Waals surface area contributed by atoms with Crippen LogP contribution in [0.25, 0.3) is 0 Å². The molecule has 0 heterocycles. The van der Waals surface area contributed by atoms with Gasteiger partial charge in [0, 0.05) is 0 Å². The maximum Gasteiger partial charge on any atom is 0.324 e. The van der Waals surface area contributed by atoms with E-state index in [1.54, 1.807) is 13.8 Å². The molecule has 0 fully saturated rings. The van der Waals surface area contributed by atoms with Gasteiger partial charge in [-0.05, 0) is 46.1 Å². The third kappa shape index (κ3) is 2.88. The van der Waals surface area contributed by atoms with E-state index in [0.29, 0.717) is 6.42 Å². The first-order valence-electron chi connectivity index (χ1n) is 6.58. The van der Waals surface area contributed by atoms with Crippen molar-refractivity contribution in [1.82, 2.24) is 0 Å². The van der Waals surface area contributed by atoms with Gasteiger partial charge in [-0.1, -0.05) is 17.7 Å². The molecule has 0 atom stereocenters. The van der Waals surface area contributed by atoms with E-state index in [1.165, 1.54) is 0 Å². The molecule has 4 heteroatoms. The Morgan fingerprint density at radius 2 is 1.58 bits per heavy atom. The number of hydrogen-bond donors (Lipinski definition) is 0. The second-order valence-electron chi connectivity index (χ2n) is 4.89. The van der Waals surface area contributed by atoms with Crippen LogP contribution in [0.2, 0.25) is 0 Å². The van der Waals surface area contributed by atoms with Crippen LogP contribution in [0.1, 0.15) is 40.5 Å². The van der Waals surface area contributed by atoms with Crippen molar-refractivity contribution in [3.05, 3.63) is 23.3 Å². The van der Waals surface area contributed by atoms with E-state index in [0.717, 1.165) is 16.7 Å². The lowest BCUT2D eigenvalue weighted by molar-refractivity contribution is -0.172. The molecule has 4 nitrogen and oxygen atoms in total. The Labute approximate surface area is 114 Å². The summed E-state index contributed by atoms with van der Waals surface area (Å²) >= 11 is 0. The molecule has 0 saturated heterocycles. The zero-order valence-corrected chi connectivity index (χ0v) is 12.2. The fourth-order valence-electron chi connectivity index (χ4n) is 2.36. The zero-order valence-electron chi connectivity index (χ0n) is 12.2. The summed E-state index contributed by atoms with van der Waals surface area (Å²) in [7, 11) is 0. The molecule has 1 aliphatic rings. The van der Waals surface area contributed by atoms with Crippen LogP contribution in [-0.2, 0) is 19.1 Å². The average molecular weight is 266 g/mol. The number of rotatable bonds is 4. The van der Waals surface area contributed by atoms with Crippen LogP contribution in [0, 0.1) is 5.41 Å². The Balaban J connectivity index is 3.19. The quantitative estimate of drug-likeness (QED) is 0.580. The van der Waals surface area contributed by atoms with Crippen molar-refractivity contribution < 1.29 is 19.1 Å². The predicted molar refractivity (Wildman–Crippen MR) is 72.4 cm³/mol. The van der Waals surface area contributed by atoms with Crippen molar-refractivity contribution in [3.63, 3.8) is 0 Å². The topological polar surface area (TPSA) is 52.6 Å². The molecule has 0 aromatic heterocycles. The van der Waals surface area contributed by atoms with Gasteiger partial charge in [0.2, 0.25) is 0 Å². The van der Waals surface area contributed by atoms with E-state index in [9.17, 15) is 9.59 Å². The average Bonchev–Trinajstić information content (AvgIpc) is 2.35. The lowest BCUT2D eigenvalue weighted by atomic mass is 9.70. The fraction of sp³-hybridized carbons (Fsp3) is 0.600. The highest BCUT2D eigenvalue weighted by Gasteiger charge is 2.51. The monoisotopic (exact) mass is 266 g/mol. The largest absolute Gasteiger partial charge is 0.465 e. The number of esters is 2. The minimum atomic E-state index is -1.26. The van der Waals surface area contributed by atoms with E-state index >= 15 is 0 Å². The maximum absolute atomic E-state index is 12.2. The first kappa shape index (κ1) is 15.5. The molecular weight excluding hydrogens is 244 g/mol. The third-order valence-electron chi connectivity index (χ3n) is 3.58. The van der Waals surface area contributed by atoms with Crippen molar-refractivity contribution in [2.45, 2.75) is 40.5 Å². The smallest absolute Gasteiger partial charge is 0.324 e. The van der Waals surface area contributed by atoms with E-state index < -0.39 is 17.4 Å². The summed E-state index contributed by atoms with van der Waals surface area (Å²) in [6, 6.07) is 0. The van der Waals surface area contributed by atoms with Gasteiger partial charge >= 0.3 is 11.9 Å². The molecule has 0 bridgehead atoms. The fourth-order valence-corrected chi connectivity index (χ4v) is 2.36. The molecule has 0 spiro atoms. The van der Waals surface area contributed by atoms with Gasteiger partial charge in [-0.15, -0.1) is 0 Å². The number of carbonyl (C=O) groups is 2. The van der Waals surface area contributed by atoms with Crippen LogP contribution in [0.15, 0.2) is 23.3 Å². The van der Waals surface area contributed by atoms with E-state index in [2.05, 4.69) is 6.58 Å². The summed E-state index contributed by atoms with van der Waals surface area (Å²) in [6.45, 7) is 11.8. The SMILES string of the molecule is C=C1CC(C(=O)OCC)(C(=O)OCC)CC(C)=C1C. The van der Waals surface area contributed by atoms with Gasteiger partial charge in [0.1, 0.15) is 0 Å². The summed E-state index contributed by atoms with van der Waals surface area (Å²) in [5.41, 5.74) is 1.58. The number of hydrogen-bond acceptors (Lipinski definition) is 4. The second-order valence-corrected chi connectivity index (χ2v) is 4.89. The number of allylic oxidation sites excluding steroid dienone is 3. The van der Waals surface area contributed by atoms with E-state index in [4.69, 9.17) is 9.47 Å². The maximum atomic E-state index is 12.2. The summed E-state index contributed by atoms with van der Waals surface area (Å²) in [5.74, 6) is -1.03. The summed E-state index contributed by atoms with van der Waals surface area (Å²) in [6.07, 6.45) is 0.614. The van der Waals surface area contributed by atoms with Gasteiger partial charge in [-0.3, -0.25) is 9.59 Å². The van der Waals surface area contributed by atoms with Gasteiger partial charge < -0.3 is 9.47 Å². The van der Waals surface area contributed by atoms with Gasteiger partial charge in [0.15, 0.2) is 5.41 Å². The standard InChI is InChI=1S/C15H22O4/c1-6-18-13(16)15(14(17)19-7-2)8-10(3)12(5)11(4)9-15/h3,6-9H2,1-2,4-5H3. The van der Waals surface area contributed by atoms with Crippen LogP contribution in [0.5, 0.6) is 0 Å². The molecule has 0 aromatic rings. The van der Waals surface area contributed by atoms with Crippen LogP contribution < -0.4 is 0 Å². The summed E-state index contributed by atoms with van der Waals surface area (Å²) < 4.78 is 10.2. The predicted octanol–water partition coefficient (Wildman–Crippen LogP) is 2.79. The molecular formula is C15H22O4. The number of ether oxygens (including phenoxy) is 2. The van der Waals surface area contributed by atoms with Gasteiger partial charge in [0.25, 0.3) is 0 Å². The van der Waals surface area contributed by atoms with Crippen molar-refractivity contribution in [2.75, 3.05) is 13.2 Å². The Morgan fingerprint density at radius 1 is 1.11 bits per heavy atom. The van der Waals surface area contributed by atoms with E-state index in [1.807, 2.05) is 13.8 Å². The van der Waals surface area contributed by atoms with Crippen LogP contribution in [0.3, 0.4) is 0 Å². The Bertz CT molecular complexity index is 413. The number of carbonyl (C=O) groups excluding carboxylic acids is 2.